The number of carbonyl (C=O) groups excluding carboxylic acids is 2. The number of hydrogen-bond acceptors (Lipinski definition) is 4. The lowest BCUT2D eigenvalue weighted by Gasteiger charge is -2.27. The summed E-state index contributed by atoms with van der Waals surface area (Å²) in [7, 11) is 0. The van der Waals surface area contributed by atoms with Crippen LogP contribution in [0.25, 0.3) is 5.76 Å². The molecule has 5 nitrogen and oxygen atoms in total. The van der Waals surface area contributed by atoms with Crippen LogP contribution in [-0.4, -0.2) is 27.8 Å². The van der Waals surface area contributed by atoms with E-state index in [1.807, 2.05) is 70.2 Å². The molecule has 0 aromatic heterocycles. The van der Waals surface area contributed by atoms with Crippen LogP contribution in [-0.2, 0) is 21.5 Å². The molecule has 38 heavy (non-hydrogen) atoms. The van der Waals surface area contributed by atoms with E-state index in [1.165, 1.54) is 0 Å². The molecular formula is C33H37NO4. The highest BCUT2D eigenvalue weighted by Gasteiger charge is 2.46. The monoisotopic (exact) mass is 511 g/mol. The quantitative estimate of drug-likeness (QED) is 0.220. The summed E-state index contributed by atoms with van der Waals surface area (Å²) in [6.07, 6.45) is -0.0446. The normalized spacial score (nSPS) is 17.4. The molecule has 3 aromatic carbocycles. The Hall–Kier alpha value is -3.86. The minimum absolute atomic E-state index is 0.0446. The first-order valence-electron chi connectivity index (χ1n) is 13.1. The lowest BCUT2D eigenvalue weighted by molar-refractivity contribution is -0.140. The number of nitrogens with zero attached hydrogens (tertiary/aromatic N) is 1. The number of aryl methyl sites for hydroxylation is 2. The van der Waals surface area contributed by atoms with Crippen LogP contribution in [0.4, 0.5) is 0 Å². The van der Waals surface area contributed by atoms with E-state index in [0.717, 1.165) is 27.8 Å². The Labute approximate surface area is 225 Å². The minimum atomic E-state index is -0.724. The van der Waals surface area contributed by atoms with Crippen LogP contribution in [0.2, 0.25) is 0 Å². The van der Waals surface area contributed by atoms with Gasteiger partial charge < -0.3 is 14.7 Å². The molecule has 198 valence electrons. The van der Waals surface area contributed by atoms with E-state index in [1.54, 1.807) is 29.2 Å². The topological polar surface area (TPSA) is 66.8 Å². The summed E-state index contributed by atoms with van der Waals surface area (Å²) in [6.45, 7) is 14.5. The number of amides is 1. The third kappa shape index (κ3) is 5.52. The van der Waals surface area contributed by atoms with E-state index in [4.69, 9.17) is 4.74 Å². The largest absolute Gasteiger partial charge is 0.507 e. The molecule has 0 bridgehead atoms. The van der Waals surface area contributed by atoms with Crippen LogP contribution < -0.4 is 4.74 Å². The van der Waals surface area contributed by atoms with Crippen molar-refractivity contribution < 1.29 is 19.4 Å². The van der Waals surface area contributed by atoms with E-state index in [-0.39, 0.29) is 29.4 Å². The van der Waals surface area contributed by atoms with Crippen LogP contribution >= 0.6 is 0 Å². The standard InChI is InChI=1S/C33H37NO4/c1-20(2)38-27-10-8-9-24(18-27)30(35)28-29(23-13-15-26(16-14-23)33(5,6)7)34(32(37)31(28)36)19-25-17-21(3)11-12-22(25)4/h8-18,20,29,35H,19H2,1-7H3/b30-28-. The van der Waals surface area contributed by atoms with E-state index in [2.05, 4.69) is 20.8 Å². The SMILES string of the molecule is Cc1ccc(C)c(CN2C(=O)C(=O)/C(=C(\O)c3cccc(OC(C)C)c3)C2c2ccc(C(C)(C)C)cc2)c1. The Bertz CT molecular complexity index is 1390. The molecular weight excluding hydrogens is 474 g/mol. The molecule has 0 spiro atoms. The van der Waals surface area contributed by atoms with Gasteiger partial charge in [0, 0.05) is 12.1 Å². The van der Waals surface area contributed by atoms with Crippen molar-refractivity contribution in [3.8, 4) is 5.75 Å². The molecule has 0 aliphatic carbocycles. The molecule has 3 aromatic rings. The number of Topliss-reactive ketones (excluding diaryl/α,β-unsaturated/α-hetero) is 1. The Kier molecular flexibility index (Phi) is 7.50. The third-order valence-electron chi connectivity index (χ3n) is 6.96. The average Bonchev–Trinajstić information content (AvgIpc) is 3.10. The van der Waals surface area contributed by atoms with Crippen molar-refractivity contribution in [3.63, 3.8) is 0 Å². The van der Waals surface area contributed by atoms with Gasteiger partial charge in [-0.3, -0.25) is 9.59 Å². The zero-order valence-electron chi connectivity index (χ0n) is 23.3. The molecule has 4 rings (SSSR count). The zero-order chi connectivity index (χ0) is 27.8. The average molecular weight is 512 g/mol. The van der Waals surface area contributed by atoms with Crippen LogP contribution in [0.3, 0.4) is 0 Å². The molecule has 1 fully saturated rings. The zero-order valence-corrected chi connectivity index (χ0v) is 23.3. The van der Waals surface area contributed by atoms with Gasteiger partial charge in [0.25, 0.3) is 11.7 Å². The Morgan fingerprint density at radius 3 is 2.29 bits per heavy atom. The number of likely N-dealkylation sites (tertiary alicyclic amines) is 1. The number of benzene rings is 3. The van der Waals surface area contributed by atoms with Crippen molar-refractivity contribution in [2.75, 3.05) is 0 Å². The summed E-state index contributed by atoms with van der Waals surface area (Å²) in [5.74, 6) is -0.925. The maximum atomic E-state index is 13.5. The Morgan fingerprint density at radius 1 is 0.974 bits per heavy atom. The van der Waals surface area contributed by atoms with Crippen LogP contribution in [0.15, 0.2) is 72.3 Å². The second kappa shape index (κ2) is 10.5. The van der Waals surface area contributed by atoms with Crippen molar-refractivity contribution in [1.29, 1.82) is 0 Å². The van der Waals surface area contributed by atoms with E-state index >= 15 is 0 Å². The maximum Gasteiger partial charge on any atom is 0.295 e. The van der Waals surface area contributed by atoms with Gasteiger partial charge in [-0.25, -0.2) is 0 Å². The van der Waals surface area contributed by atoms with Gasteiger partial charge in [0.05, 0.1) is 17.7 Å². The predicted octanol–water partition coefficient (Wildman–Crippen LogP) is 7.01. The molecule has 5 heteroatoms. The summed E-state index contributed by atoms with van der Waals surface area (Å²) in [4.78, 5) is 28.6. The Morgan fingerprint density at radius 2 is 1.66 bits per heavy atom. The second-order valence-corrected chi connectivity index (χ2v) is 11.4. The minimum Gasteiger partial charge on any atom is -0.507 e. The van der Waals surface area contributed by atoms with Gasteiger partial charge in [-0.05, 0) is 67.5 Å². The summed E-state index contributed by atoms with van der Waals surface area (Å²) in [6, 6.07) is 20.3. The Balaban J connectivity index is 1.87. The van der Waals surface area contributed by atoms with Crippen LogP contribution in [0, 0.1) is 13.8 Å². The van der Waals surface area contributed by atoms with Crippen LogP contribution in [0.1, 0.15) is 74.0 Å². The van der Waals surface area contributed by atoms with Gasteiger partial charge in [0.15, 0.2) is 0 Å². The lowest BCUT2D eigenvalue weighted by Crippen LogP contribution is -2.29. The fourth-order valence-electron chi connectivity index (χ4n) is 4.85. The summed E-state index contributed by atoms with van der Waals surface area (Å²) < 4.78 is 5.80. The lowest BCUT2D eigenvalue weighted by atomic mass is 9.85. The predicted molar refractivity (Wildman–Crippen MR) is 151 cm³/mol. The van der Waals surface area contributed by atoms with Crippen molar-refractivity contribution >= 4 is 17.4 Å². The first-order chi connectivity index (χ1) is 17.9. The van der Waals surface area contributed by atoms with E-state index < -0.39 is 17.7 Å². The van der Waals surface area contributed by atoms with Crippen molar-refractivity contribution in [1.82, 2.24) is 4.90 Å². The summed E-state index contributed by atoms with van der Waals surface area (Å²) in [5.41, 5.74) is 5.49. The van der Waals surface area contributed by atoms with Gasteiger partial charge in [0.1, 0.15) is 11.5 Å². The van der Waals surface area contributed by atoms with E-state index in [9.17, 15) is 14.7 Å². The van der Waals surface area contributed by atoms with Crippen molar-refractivity contribution in [3.05, 3.63) is 106 Å². The van der Waals surface area contributed by atoms with Gasteiger partial charge >= 0.3 is 0 Å². The number of hydrogen-bond donors (Lipinski definition) is 1. The third-order valence-corrected chi connectivity index (χ3v) is 6.96. The van der Waals surface area contributed by atoms with Gasteiger partial charge in [-0.15, -0.1) is 0 Å². The molecule has 1 aliphatic heterocycles. The number of aliphatic hydroxyl groups is 1. The fraction of sp³-hybridized carbons (Fsp3) is 0.333. The van der Waals surface area contributed by atoms with Gasteiger partial charge in [-0.1, -0.05) is 80.9 Å². The highest BCUT2D eigenvalue weighted by Crippen LogP contribution is 2.41. The highest BCUT2D eigenvalue weighted by atomic mass is 16.5. The highest BCUT2D eigenvalue weighted by molar-refractivity contribution is 6.46. The van der Waals surface area contributed by atoms with Crippen molar-refractivity contribution in [2.45, 2.75) is 72.6 Å². The number of carbonyl (C=O) groups is 2. The van der Waals surface area contributed by atoms with Gasteiger partial charge in [-0.2, -0.15) is 0 Å². The number of aliphatic hydroxyl groups excluding tert-OH is 1. The molecule has 1 atom stereocenters. The summed E-state index contributed by atoms with van der Waals surface area (Å²) in [5, 5.41) is 11.5. The molecule has 1 amide bonds. The first kappa shape index (κ1) is 27.2. The van der Waals surface area contributed by atoms with E-state index in [0.29, 0.717) is 11.3 Å². The molecule has 0 saturated carbocycles. The second-order valence-electron chi connectivity index (χ2n) is 11.4. The fourth-order valence-corrected chi connectivity index (χ4v) is 4.85. The summed E-state index contributed by atoms with van der Waals surface area (Å²) >= 11 is 0. The molecule has 1 aliphatic rings. The molecule has 1 unspecified atom stereocenters. The smallest absolute Gasteiger partial charge is 0.295 e. The number of ether oxygens (including phenoxy) is 1. The molecule has 1 saturated heterocycles. The van der Waals surface area contributed by atoms with Gasteiger partial charge in [0.2, 0.25) is 0 Å². The first-order valence-corrected chi connectivity index (χ1v) is 13.1. The number of rotatable bonds is 6. The maximum absolute atomic E-state index is 13.5. The molecule has 0 radical (unpaired) electrons. The van der Waals surface area contributed by atoms with Crippen LogP contribution in [0.5, 0.6) is 5.75 Å². The molecule has 1 heterocycles. The number of ketones is 1. The molecule has 1 N–H and O–H groups in total. The van der Waals surface area contributed by atoms with Crippen molar-refractivity contribution in [2.24, 2.45) is 0 Å².